The number of aryl methyl sites for hydroxylation is 2. The summed E-state index contributed by atoms with van der Waals surface area (Å²) in [5.41, 5.74) is 2.38. The largest absolute Gasteiger partial charge is 2.00 e. The van der Waals surface area contributed by atoms with Gasteiger partial charge in [-0.3, -0.25) is 33.9 Å². The Morgan fingerprint density at radius 2 is 1.50 bits per heavy atom. The Morgan fingerprint density at radius 1 is 1.08 bits per heavy atom. The molecule has 0 saturated heterocycles. The maximum Gasteiger partial charge on any atom is 2.00 e. The number of carboxylic acid groups (broad SMARTS) is 1. The van der Waals surface area contributed by atoms with Crippen molar-refractivity contribution in [3.8, 4) is 0 Å². The zero-order valence-electron chi connectivity index (χ0n) is 13.8. The number of Topliss-reactive ketones (excluding diaryl/α,β-unsaturated/α-hetero) is 1. The number of rotatable bonds is 4. The van der Waals surface area contributed by atoms with Crippen LogP contribution in [0, 0.1) is 38.8 Å². The first-order valence-electron chi connectivity index (χ1n) is 6.91. The first-order chi connectivity index (χ1) is 10.4. The smallest absolute Gasteiger partial charge is 0.483 e. The van der Waals surface area contributed by atoms with Crippen LogP contribution in [-0.2, 0) is 56.1 Å². The number of carbonyl (C=O) groups is 2. The maximum atomic E-state index is 11.9. The van der Waals surface area contributed by atoms with E-state index in [0.717, 1.165) is 11.1 Å². The van der Waals surface area contributed by atoms with E-state index in [1.54, 1.807) is 0 Å². The Morgan fingerprint density at radius 3 is 1.83 bits per heavy atom. The summed E-state index contributed by atoms with van der Waals surface area (Å²) in [6.45, 7) is 7.13. The second kappa shape index (κ2) is 13.5. The molecule has 0 aliphatic carbocycles. The van der Waals surface area contributed by atoms with Gasteiger partial charge in [0.1, 0.15) is 0 Å². The normalized spacial score (nSPS) is 10.1. The first-order valence-corrected chi connectivity index (χ1v) is 6.91. The van der Waals surface area contributed by atoms with Crippen LogP contribution in [0.15, 0.2) is 42.5 Å². The van der Waals surface area contributed by atoms with E-state index in [2.05, 4.69) is 19.1 Å². The fraction of sp³-hybridized carbons (Fsp3) is 0.211. The molecule has 3 nitrogen and oxygen atoms in total. The first kappa shape index (κ1) is 25.5. The van der Waals surface area contributed by atoms with Crippen molar-refractivity contribution in [3.63, 3.8) is 0 Å². The van der Waals surface area contributed by atoms with Crippen molar-refractivity contribution < 1.29 is 66.0 Å². The van der Waals surface area contributed by atoms with Crippen molar-refractivity contribution in [1.29, 1.82) is 0 Å². The van der Waals surface area contributed by atoms with Gasteiger partial charge in [-0.2, -0.15) is 0 Å². The van der Waals surface area contributed by atoms with Gasteiger partial charge in [0, 0.05) is 38.3 Å². The average Bonchev–Trinajstić information content (AvgIpc) is 2.49. The number of benzene rings is 2. The molecule has 0 heterocycles. The van der Waals surface area contributed by atoms with Gasteiger partial charge in [-0.05, 0) is 31.4 Å². The van der Waals surface area contributed by atoms with Crippen molar-refractivity contribution in [1.82, 2.24) is 0 Å². The SMILES string of the molecule is [CH2-]C(CC(=O)c1c(C)cccc1C)C(=O)O.[V+2].[Y].[c-]1cc[c-]cc1. The molecular weight excluding hydrogens is 416 g/mol. The summed E-state index contributed by atoms with van der Waals surface area (Å²) in [4.78, 5) is 22.5. The minimum atomic E-state index is -1.04. The fourth-order valence-electron chi connectivity index (χ4n) is 1.97. The van der Waals surface area contributed by atoms with Crippen LogP contribution < -0.4 is 0 Å². The molecule has 24 heavy (non-hydrogen) atoms. The number of aliphatic carboxylic acids is 1. The van der Waals surface area contributed by atoms with E-state index in [4.69, 9.17) is 5.11 Å². The molecule has 0 bridgehead atoms. The monoisotopic (exact) mass is 435 g/mol. The summed E-state index contributed by atoms with van der Waals surface area (Å²) in [6, 6.07) is 18.6. The molecule has 0 fully saturated rings. The van der Waals surface area contributed by atoms with Gasteiger partial charge in [0.15, 0.2) is 5.78 Å². The molecule has 2 aromatic rings. The van der Waals surface area contributed by atoms with Crippen molar-refractivity contribution in [2.24, 2.45) is 5.92 Å². The van der Waals surface area contributed by atoms with Gasteiger partial charge in [0.2, 0.25) is 0 Å². The van der Waals surface area contributed by atoms with Crippen LogP contribution in [0.3, 0.4) is 0 Å². The van der Waals surface area contributed by atoms with E-state index in [1.807, 2.05) is 56.3 Å². The Balaban J connectivity index is 0. The minimum Gasteiger partial charge on any atom is -0.483 e. The van der Waals surface area contributed by atoms with Gasteiger partial charge in [-0.15, -0.1) is 0 Å². The van der Waals surface area contributed by atoms with Gasteiger partial charge in [-0.1, -0.05) is 24.1 Å². The van der Waals surface area contributed by atoms with E-state index in [-0.39, 0.29) is 63.5 Å². The zero-order valence-corrected chi connectivity index (χ0v) is 18.1. The van der Waals surface area contributed by atoms with E-state index >= 15 is 0 Å². The van der Waals surface area contributed by atoms with Gasteiger partial charge in [-0.25, -0.2) is 0 Å². The molecule has 0 aromatic heterocycles. The molecular formula is C19H19O3VY-. The zero-order chi connectivity index (χ0) is 16.5. The summed E-state index contributed by atoms with van der Waals surface area (Å²) in [6.07, 6.45) is -0.0545. The average molecular weight is 435 g/mol. The molecule has 1 N–H and O–H groups in total. The third kappa shape index (κ3) is 8.94. The predicted molar refractivity (Wildman–Crippen MR) is 85.5 cm³/mol. The standard InChI is InChI=1S/C13H15O3.C6H4.V.Y/c1-8-5-4-6-9(2)12(8)11(14)7-10(3)13(15)16;1-2-4-6-5-3-1;;/h4-6,10H,3,7H2,1-2H3,(H,15,16);1-2,5-6H;;/q-1;-2;+2;. The predicted octanol–water partition coefficient (Wildman–Crippen LogP) is 3.69. The molecule has 0 saturated carbocycles. The number of hydrogen-bond donors (Lipinski definition) is 1. The third-order valence-electron chi connectivity index (χ3n) is 3.09. The van der Waals surface area contributed by atoms with Crippen LogP contribution in [-0.4, -0.2) is 16.9 Å². The molecule has 0 aliphatic rings. The number of hydrogen-bond acceptors (Lipinski definition) is 2. The quantitative estimate of drug-likeness (QED) is 0.589. The molecule has 5 heteroatoms. The van der Waals surface area contributed by atoms with Crippen LogP contribution in [0.4, 0.5) is 0 Å². The molecule has 1 unspecified atom stereocenters. The minimum absolute atomic E-state index is 0. The van der Waals surface area contributed by atoms with Crippen LogP contribution in [0.5, 0.6) is 0 Å². The van der Waals surface area contributed by atoms with Crippen LogP contribution in [0.25, 0.3) is 0 Å². The van der Waals surface area contributed by atoms with Crippen LogP contribution in [0.1, 0.15) is 27.9 Å². The topological polar surface area (TPSA) is 54.4 Å². The molecule has 2 radical (unpaired) electrons. The Kier molecular flexibility index (Phi) is 14.4. The van der Waals surface area contributed by atoms with Crippen molar-refractivity contribution >= 4 is 11.8 Å². The van der Waals surface area contributed by atoms with Crippen LogP contribution >= 0.6 is 0 Å². The number of carbonyl (C=O) groups excluding carboxylic acids is 1. The van der Waals surface area contributed by atoms with Crippen LogP contribution in [0.2, 0.25) is 0 Å². The van der Waals surface area contributed by atoms with Crippen molar-refractivity contribution in [2.75, 3.05) is 0 Å². The van der Waals surface area contributed by atoms with E-state index in [1.165, 1.54) is 0 Å². The van der Waals surface area contributed by atoms with Gasteiger partial charge in [0.25, 0.3) is 5.97 Å². The Bertz CT molecular complexity index is 583. The summed E-state index contributed by atoms with van der Waals surface area (Å²) < 4.78 is 0. The van der Waals surface area contributed by atoms with Gasteiger partial charge >= 0.3 is 18.6 Å². The second-order valence-corrected chi connectivity index (χ2v) is 4.93. The molecule has 0 amide bonds. The summed E-state index contributed by atoms with van der Waals surface area (Å²) in [5, 5.41) is 8.70. The van der Waals surface area contributed by atoms with E-state index < -0.39 is 11.9 Å². The van der Waals surface area contributed by atoms with Gasteiger partial charge < -0.3 is 24.2 Å². The number of carboxylic acids is 1. The maximum absolute atomic E-state index is 11.9. The Labute approximate surface area is 181 Å². The molecule has 122 valence electrons. The summed E-state index contributed by atoms with van der Waals surface area (Å²) >= 11 is 0. The molecule has 2 rings (SSSR count). The Hall–Kier alpha value is -0.732. The van der Waals surface area contributed by atoms with E-state index in [0.29, 0.717) is 5.56 Å². The number of ketones is 1. The molecule has 0 spiro atoms. The van der Waals surface area contributed by atoms with E-state index in [9.17, 15) is 9.59 Å². The molecule has 0 aliphatic heterocycles. The fourth-order valence-corrected chi connectivity index (χ4v) is 1.97. The third-order valence-corrected chi connectivity index (χ3v) is 3.09. The van der Waals surface area contributed by atoms with Crippen molar-refractivity contribution in [2.45, 2.75) is 20.3 Å². The second-order valence-electron chi connectivity index (χ2n) is 4.93. The van der Waals surface area contributed by atoms with Crippen molar-refractivity contribution in [3.05, 3.63) is 78.2 Å². The van der Waals surface area contributed by atoms with Gasteiger partial charge in [0.05, 0.1) is 0 Å². The molecule has 2 aromatic carbocycles. The summed E-state index contributed by atoms with van der Waals surface area (Å²) in [7, 11) is 0. The molecule has 1 atom stereocenters. The summed E-state index contributed by atoms with van der Waals surface area (Å²) in [5.74, 6) is -2.08.